The molecule has 0 unspecified atom stereocenters. The Morgan fingerprint density at radius 2 is 1.92 bits per heavy atom. The van der Waals surface area contributed by atoms with Crippen LogP contribution >= 0.6 is 46.0 Å². The van der Waals surface area contributed by atoms with Crippen LogP contribution in [0, 0.1) is 3.57 Å². The molecule has 37 heavy (non-hydrogen) atoms. The molecule has 196 valence electrons. The molecule has 0 atom stereocenters. The Balaban J connectivity index is 1.96. The van der Waals surface area contributed by atoms with E-state index in [2.05, 4.69) is 27.6 Å². The molecule has 0 radical (unpaired) electrons. The molecule has 0 aromatic heterocycles. The van der Waals surface area contributed by atoms with Gasteiger partial charge in [-0.2, -0.15) is 0 Å². The van der Waals surface area contributed by atoms with Crippen molar-refractivity contribution in [2.45, 2.75) is 40.2 Å². The largest absolute Gasteiger partial charge is 0.506 e. The minimum absolute atomic E-state index is 0.108. The topological polar surface area (TPSA) is 94.4 Å². The number of carbonyl (C=O) groups excluding carboxylic acids is 2. The van der Waals surface area contributed by atoms with Crippen molar-refractivity contribution in [2.75, 3.05) is 13.2 Å². The normalized spacial score (nSPS) is 15.4. The molecule has 2 aromatic rings. The quantitative estimate of drug-likeness (QED) is 0.215. The number of carbonyl (C=O) groups is 2. The predicted octanol–water partition coefficient (Wildman–Crippen LogP) is 7.11. The van der Waals surface area contributed by atoms with Crippen LogP contribution in [0.2, 0.25) is 5.02 Å². The summed E-state index contributed by atoms with van der Waals surface area (Å²) in [5, 5.41) is 11.6. The van der Waals surface area contributed by atoms with Crippen LogP contribution in [-0.2, 0) is 20.9 Å². The number of amides is 1. The lowest BCUT2D eigenvalue weighted by Gasteiger charge is -2.15. The molecule has 1 N–H and O–H groups in total. The summed E-state index contributed by atoms with van der Waals surface area (Å²) in [5.41, 5.74) is 1.52. The molecule has 0 bridgehead atoms. The zero-order valence-corrected chi connectivity index (χ0v) is 24.4. The number of rotatable bonds is 10. The van der Waals surface area contributed by atoms with Crippen molar-refractivity contribution in [1.29, 1.82) is 0 Å². The third kappa shape index (κ3) is 7.75. The number of ether oxygens (including phenoxy) is 3. The Bertz CT molecular complexity index is 1270. The Morgan fingerprint density at radius 1 is 1.14 bits per heavy atom. The summed E-state index contributed by atoms with van der Waals surface area (Å²) in [6.45, 7) is 6.27. The van der Waals surface area contributed by atoms with Crippen molar-refractivity contribution < 1.29 is 28.9 Å². The van der Waals surface area contributed by atoms with Crippen molar-refractivity contribution in [1.82, 2.24) is 0 Å². The standard InChI is InChI=1S/C27H27ClINO6S/c1-4-8-22(31)30-26-23(27(33)35-6-3)24(32)21(37-26)14-17-12-19(29)25(20(13-17)34-5-2)36-15-16-9-7-10-18(28)11-16/h7,9-14,32H,4-6,8,15H2,1-3H3/b21-14-,30-26?. The second-order valence-corrected chi connectivity index (χ2v) is 10.4. The molecule has 1 amide bonds. The van der Waals surface area contributed by atoms with E-state index >= 15 is 0 Å². The molecule has 10 heteroatoms. The van der Waals surface area contributed by atoms with Crippen LogP contribution in [0.15, 0.2) is 57.6 Å². The van der Waals surface area contributed by atoms with Gasteiger partial charge in [0.25, 0.3) is 0 Å². The first-order chi connectivity index (χ1) is 17.8. The summed E-state index contributed by atoms with van der Waals surface area (Å²) in [4.78, 5) is 29.1. The van der Waals surface area contributed by atoms with Crippen LogP contribution in [-0.4, -0.2) is 35.2 Å². The number of hydrogen-bond acceptors (Lipinski definition) is 7. The van der Waals surface area contributed by atoms with E-state index in [1.54, 1.807) is 25.1 Å². The number of aliphatic hydroxyl groups excluding tert-OH is 1. The summed E-state index contributed by atoms with van der Waals surface area (Å²) >= 11 is 9.29. The molecule has 1 heterocycles. The molecule has 2 aromatic carbocycles. The summed E-state index contributed by atoms with van der Waals surface area (Å²) in [6, 6.07) is 11.1. The fourth-order valence-corrected chi connectivity index (χ4v) is 5.41. The molecule has 0 spiro atoms. The molecular weight excluding hydrogens is 629 g/mol. The Labute approximate surface area is 239 Å². The summed E-state index contributed by atoms with van der Waals surface area (Å²) in [5.74, 6) is -0.250. The number of nitrogens with zero attached hydrogens (tertiary/aromatic N) is 1. The molecule has 0 saturated heterocycles. The number of hydrogen-bond donors (Lipinski definition) is 1. The highest BCUT2D eigenvalue weighted by atomic mass is 127. The maximum absolute atomic E-state index is 12.5. The monoisotopic (exact) mass is 655 g/mol. The van der Waals surface area contributed by atoms with Gasteiger partial charge in [-0.3, -0.25) is 4.79 Å². The van der Waals surface area contributed by atoms with E-state index < -0.39 is 5.97 Å². The van der Waals surface area contributed by atoms with Gasteiger partial charge in [0.15, 0.2) is 11.5 Å². The molecule has 7 nitrogen and oxygen atoms in total. The fraction of sp³-hybridized carbons (Fsp3) is 0.296. The number of thioether (sulfide) groups is 1. The zero-order chi connectivity index (χ0) is 26.9. The van der Waals surface area contributed by atoms with Gasteiger partial charge in [0, 0.05) is 11.4 Å². The maximum atomic E-state index is 12.5. The first-order valence-electron chi connectivity index (χ1n) is 11.7. The molecule has 1 aliphatic rings. The van der Waals surface area contributed by atoms with Gasteiger partial charge in [0.05, 0.1) is 21.7 Å². The van der Waals surface area contributed by atoms with Crippen molar-refractivity contribution in [2.24, 2.45) is 4.99 Å². The van der Waals surface area contributed by atoms with E-state index in [9.17, 15) is 14.7 Å². The van der Waals surface area contributed by atoms with Crippen LogP contribution in [0.5, 0.6) is 11.5 Å². The lowest BCUT2D eigenvalue weighted by Crippen LogP contribution is -2.14. The van der Waals surface area contributed by atoms with Gasteiger partial charge in [-0.05, 0) is 84.3 Å². The SMILES string of the molecule is CCCC(=O)N=C1S/C(=C\c2cc(I)c(OCc3cccc(Cl)c3)c(OCC)c2)C(O)=C1C(=O)OCC. The van der Waals surface area contributed by atoms with Gasteiger partial charge in [0.1, 0.15) is 23.0 Å². The molecule has 1 aliphatic heterocycles. The van der Waals surface area contributed by atoms with Crippen LogP contribution < -0.4 is 9.47 Å². The van der Waals surface area contributed by atoms with Crippen LogP contribution in [0.1, 0.15) is 44.7 Å². The van der Waals surface area contributed by atoms with Gasteiger partial charge in [-0.25, -0.2) is 9.79 Å². The lowest BCUT2D eigenvalue weighted by atomic mass is 10.1. The summed E-state index contributed by atoms with van der Waals surface area (Å²) in [7, 11) is 0. The van der Waals surface area contributed by atoms with Crippen molar-refractivity contribution >= 4 is 68.9 Å². The molecule has 3 rings (SSSR count). The van der Waals surface area contributed by atoms with E-state index in [-0.39, 0.29) is 35.3 Å². The van der Waals surface area contributed by atoms with E-state index in [1.165, 1.54) is 0 Å². The van der Waals surface area contributed by atoms with E-state index in [4.69, 9.17) is 25.8 Å². The minimum Gasteiger partial charge on any atom is -0.506 e. The molecule has 0 aliphatic carbocycles. The smallest absolute Gasteiger partial charge is 0.344 e. The van der Waals surface area contributed by atoms with Crippen molar-refractivity contribution in [3.8, 4) is 11.5 Å². The highest BCUT2D eigenvalue weighted by Gasteiger charge is 2.33. The molecule has 0 saturated carbocycles. The highest BCUT2D eigenvalue weighted by molar-refractivity contribution is 14.1. The number of benzene rings is 2. The lowest BCUT2D eigenvalue weighted by molar-refractivity contribution is -0.138. The van der Waals surface area contributed by atoms with Gasteiger partial charge in [-0.15, -0.1) is 0 Å². The van der Waals surface area contributed by atoms with Gasteiger partial charge >= 0.3 is 5.97 Å². The van der Waals surface area contributed by atoms with Crippen molar-refractivity contribution in [3.05, 3.63) is 72.4 Å². The average molecular weight is 656 g/mol. The van der Waals surface area contributed by atoms with E-state index in [0.29, 0.717) is 46.6 Å². The summed E-state index contributed by atoms with van der Waals surface area (Å²) < 4.78 is 17.8. The third-order valence-electron chi connectivity index (χ3n) is 4.96. The number of aliphatic hydroxyl groups is 1. The fourth-order valence-electron chi connectivity index (χ4n) is 3.38. The van der Waals surface area contributed by atoms with Crippen LogP contribution in [0.3, 0.4) is 0 Å². The first-order valence-corrected chi connectivity index (χ1v) is 14.0. The van der Waals surface area contributed by atoms with Gasteiger partial charge in [0.2, 0.25) is 5.91 Å². The second kappa shape index (κ2) is 13.9. The van der Waals surface area contributed by atoms with Gasteiger partial charge in [-0.1, -0.05) is 42.4 Å². The predicted molar refractivity (Wildman–Crippen MR) is 155 cm³/mol. The summed E-state index contributed by atoms with van der Waals surface area (Å²) in [6.07, 6.45) is 2.57. The Hall–Kier alpha value is -2.50. The molecular formula is C27H27ClINO6S. The number of halogens is 2. The van der Waals surface area contributed by atoms with E-state index in [0.717, 1.165) is 20.9 Å². The average Bonchev–Trinajstić information content (AvgIpc) is 3.13. The molecule has 0 fully saturated rings. The Morgan fingerprint density at radius 3 is 2.59 bits per heavy atom. The van der Waals surface area contributed by atoms with Crippen LogP contribution in [0.4, 0.5) is 0 Å². The second-order valence-electron chi connectivity index (χ2n) is 7.80. The first kappa shape index (κ1) is 29.1. The minimum atomic E-state index is -0.728. The van der Waals surface area contributed by atoms with E-state index in [1.807, 2.05) is 38.1 Å². The van der Waals surface area contributed by atoms with Crippen LogP contribution in [0.25, 0.3) is 6.08 Å². The van der Waals surface area contributed by atoms with Crippen molar-refractivity contribution in [3.63, 3.8) is 0 Å². The zero-order valence-electron chi connectivity index (χ0n) is 20.7. The number of aliphatic imine (C=N–C) groups is 1. The maximum Gasteiger partial charge on any atom is 0.344 e. The Kier molecular flexibility index (Phi) is 10.9. The third-order valence-corrected chi connectivity index (χ3v) is 7.02. The highest BCUT2D eigenvalue weighted by Crippen LogP contribution is 2.41. The van der Waals surface area contributed by atoms with Gasteiger partial charge < -0.3 is 19.3 Å². The number of esters is 1.